The van der Waals surface area contributed by atoms with Gasteiger partial charge >= 0.3 is 6.03 Å². The van der Waals surface area contributed by atoms with E-state index in [9.17, 15) is 9.59 Å². The molecule has 0 bridgehead atoms. The lowest BCUT2D eigenvalue weighted by molar-refractivity contribution is -0.120. The maximum atomic E-state index is 11.9. The van der Waals surface area contributed by atoms with Crippen LogP contribution in [0.5, 0.6) is 0 Å². The Morgan fingerprint density at radius 2 is 1.96 bits per heavy atom. The van der Waals surface area contributed by atoms with E-state index in [-0.39, 0.29) is 19.0 Å². The van der Waals surface area contributed by atoms with Crippen LogP contribution in [0.15, 0.2) is 41.1 Å². The molecule has 8 nitrogen and oxygen atoms in total. The predicted molar refractivity (Wildman–Crippen MR) is 96.5 cm³/mol. The van der Waals surface area contributed by atoms with Crippen LogP contribution in [0.2, 0.25) is 0 Å². The molecule has 1 aliphatic heterocycles. The van der Waals surface area contributed by atoms with Gasteiger partial charge in [-0.25, -0.2) is 9.78 Å². The number of rotatable bonds is 7. The minimum atomic E-state index is -0.420. The van der Waals surface area contributed by atoms with Crippen molar-refractivity contribution in [2.45, 2.75) is 25.9 Å². The second-order valence-corrected chi connectivity index (χ2v) is 6.11. The van der Waals surface area contributed by atoms with Gasteiger partial charge in [-0.2, -0.15) is 0 Å². The van der Waals surface area contributed by atoms with Gasteiger partial charge in [-0.05, 0) is 42.7 Å². The van der Waals surface area contributed by atoms with Crippen LogP contribution in [0, 0.1) is 0 Å². The van der Waals surface area contributed by atoms with Gasteiger partial charge in [0.1, 0.15) is 11.6 Å². The number of urea groups is 1. The summed E-state index contributed by atoms with van der Waals surface area (Å²) in [6, 6.07) is 6.96. The Balaban J connectivity index is 1.37. The van der Waals surface area contributed by atoms with Gasteiger partial charge in [0.25, 0.3) is 0 Å². The minimum Gasteiger partial charge on any atom is -0.467 e. The van der Waals surface area contributed by atoms with Crippen molar-refractivity contribution in [1.82, 2.24) is 20.9 Å². The van der Waals surface area contributed by atoms with E-state index in [4.69, 9.17) is 4.42 Å². The van der Waals surface area contributed by atoms with Crippen molar-refractivity contribution in [3.8, 4) is 0 Å². The Bertz CT molecular complexity index is 726. The third-order valence-electron chi connectivity index (χ3n) is 4.14. The second-order valence-electron chi connectivity index (χ2n) is 6.11. The zero-order valence-corrected chi connectivity index (χ0v) is 14.5. The zero-order chi connectivity index (χ0) is 18.2. The van der Waals surface area contributed by atoms with E-state index in [0.29, 0.717) is 12.3 Å². The molecule has 1 fully saturated rings. The molecule has 26 heavy (non-hydrogen) atoms. The van der Waals surface area contributed by atoms with E-state index < -0.39 is 6.03 Å². The van der Waals surface area contributed by atoms with Crippen molar-refractivity contribution >= 4 is 17.8 Å². The molecule has 3 N–H and O–H groups in total. The van der Waals surface area contributed by atoms with Gasteiger partial charge in [-0.15, -0.1) is 0 Å². The van der Waals surface area contributed by atoms with Crippen molar-refractivity contribution in [2.75, 3.05) is 24.5 Å². The number of carbonyl (C=O) groups excluding carboxylic acids is 2. The van der Waals surface area contributed by atoms with Gasteiger partial charge in [-0.3, -0.25) is 4.79 Å². The number of aromatic nitrogens is 1. The first-order valence-corrected chi connectivity index (χ1v) is 8.71. The van der Waals surface area contributed by atoms with Gasteiger partial charge in [0, 0.05) is 25.8 Å². The number of hydrogen-bond donors (Lipinski definition) is 3. The summed E-state index contributed by atoms with van der Waals surface area (Å²) >= 11 is 0. The van der Waals surface area contributed by atoms with Crippen LogP contribution in [-0.4, -0.2) is 36.6 Å². The van der Waals surface area contributed by atoms with Gasteiger partial charge in [0.2, 0.25) is 5.91 Å². The first-order chi connectivity index (χ1) is 12.7. The third kappa shape index (κ3) is 5.23. The normalized spacial score (nSPS) is 13.5. The second kappa shape index (κ2) is 8.89. The maximum absolute atomic E-state index is 11.9. The maximum Gasteiger partial charge on any atom is 0.315 e. The largest absolute Gasteiger partial charge is 0.467 e. The average Bonchev–Trinajstić information content (AvgIpc) is 3.37. The summed E-state index contributed by atoms with van der Waals surface area (Å²) in [6.07, 6.45) is 5.68. The van der Waals surface area contributed by atoms with Crippen molar-refractivity contribution in [2.24, 2.45) is 0 Å². The average molecular weight is 357 g/mol. The fraction of sp³-hybridized carbons (Fsp3) is 0.389. The summed E-state index contributed by atoms with van der Waals surface area (Å²) in [7, 11) is 0. The molecule has 1 aliphatic rings. The Morgan fingerprint density at radius 3 is 2.73 bits per heavy atom. The monoisotopic (exact) mass is 357 g/mol. The van der Waals surface area contributed by atoms with Crippen LogP contribution in [0.4, 0.5) is 10.6 Å². The van der Waals surface area contributed by atoms with E-state index in [1.807, 2.05) is 12.1 Å². The zero-order valence-electron chi connectivity index (χ0n) is 14.5. The number of nitrogens with one attached hydrogen (secondary N) is 3. The molecule has 0 unspecified atom stereocenters. The van der Waals surface area contributed by atoms with Crippen LogP contribution in [0.3, 0.4) is 0 Å². The highest BCUT2D eigenvalue weighted by molar-refractivity contribution is 5.83. The minimum absolute atomic E-state index is 0.0892. The lowest BCUT2D eigenvalue weighted by Crippen LogP contribution is -2.41. The highest BCUT2D eigenvalue weighted by atomic mass is 16.3. The van der Waals surface area contributed by atoms with E-state index in [2.05, 4.69) is 25.8 Å². The lowest BCUT2D eigenvalue weighted by atomic mass is 10.2. The van der Waals surface area contributed by atoms with Crippen molar-refractivity contribution in [3.05, 3.63) is 48.0 Å². The number of furan rings is 1. The predicted octanol–water partition coefficient (Wildman–Crippen LogP) is 1.39. The molecule has 0 aliphatic carbocycles. The summed E-state index contributed by atoms with van der Waals surface area (Å²) in [4.78, 5) is 30.2. The van der Waals surface area contributed by atoms with Crippen LogP contribution in [0.25, 0.3) is 0 Å². The van der Waals surface area contributed by atoms with Crippen LogP contribution in [-0.2, 0) is 17.9 Å². The molecule has 1 saturated heterocycles. The SMILES string of the molecule is O=C(CNC(=O)NCc1ccco1)NCc1ccnc(N2CCCC2)c1. The fourth-order valence-corrected chi connectivity index (χ4v) is 2.76. The van der Waals surface area contributed by atoms with Crippen LogP contribution < -0.4 is 20.9 Å². The molecule has 0 saturated carbocycles. The highest BCUT2D eigenvalue weighted by Gasteiger charge is 2.13. The molecular weight excluding hydrogens is 334 g/mol. The standard InChI is InChI=1S/C18H23N5O3/c24-17(13-22-18(25)21-12-15-4-3-9-26-15)20-11-14-5-6-19-16(10-14)23-7-1-2-8-23/h3-6,9-10H,1-2,7-8,11-13H2,(H,20,24)(H2,21,22,25). The van der Waals surface area contributed by atoms with Gasteiger partial charge < -0.3 is 25.3 Å². The number of pyridine rings is 1. The van der Waals surface area contributed by atoms with Crippen molar-refractivity contribution < 1.29 is 14.0 Å². The van der Waals surface area contributed by atoms with Crippen LogP contribution in [0.1, 0.15) is 24.2 Å². The third-order valence-corrected chi connectivity index (χ3v) is 4.14. The fourth-order valence-electron chi connectivity index (χ4n) is 2.76. The Kier molecular flexibility index (Phi) is 6.08. The molecule has 3 heterocycles. The first kappa shape index (κ1) is 17.8. The van der Waals surface area contributed by atoms with E-state index in [0.717, 1.165) is 24.5 Å². The molecule has 0 spiro atoms. The summed E-state index contributed by atoms with van der Waals surface area (Å²) in [5.41, 5.74) is 0.984. The quantitative estimate of drug-likeness (QED) is 0.695. The summed E-state index contributed by atoms with van der Waals surface area (Å²) in [5, 5.41) is 7.92. The Morgan fingerprint density at radius 1 is 1.12 bits per heavy atom. The summed E-state index contributed by atoms with van der Waals surface area (Å²) in [6.45, 7) is 2.64. The lowest BCUT2D eigenvalue weighted by Gasteiger charge is -2.17. The first-order valence-electron chi connectivity index (χ1n) is 8.71. The molecule has 3 amide bonds. The topological polar surface area (TPSA) is 99.5 Å². The summed E-state index contributed by atoms with van der Waals surface area (Å²) < 4.78 is 5.11. The van der Waals surface area contributed by atoms with Crippen molar-refractivity contribution in [1.29, 1.82) is 0 Å². The molecule has 138 valence electrons. The van der Waals surface area contributed by atoms with Gasteiger partial charge in [0.05, 0.1) is 19.4 Å². The van der Waals surface area contributed by atoms with Crippen LogP contribution >= 0.6 is 0 Å². The smallest absolute Gasteiger partial charge is 0.315 e. The molecular formula is C18H23N5O3. The highest BCUT2D eigenvalue weighted by Crippen LogP contribution is 2.18. The number of anilines is 1. The molecule has 3 rings (SSSR count). The van der Waals surface area contributed by atoms with E-state index >= 15 is 0 Å². The van der Waals surface area contributed by atoms with E-state index in [1.165, 1.54) is 19.1 Å². The molecule has 0 atom stereocenters. The number of hydrogen-bond acceptors (Lipinski definition) is 5. The number of carbonyl (C=O) groups is 2. The number of nitrogens with zero attached hydrogens (tertiary/aromatic N) is 2. The molecule has 2 aromatic heterocycles. The van der Waals surface area contributed by atoms with E-state index in [1.54, 1.807) is 18.3 Å². The molecule has 2 aromatic rings. The van der Waals surface area contributed by atoms with Gasteiger partial charge in [-0.1, -0.05) is 0 Å². The molecule has 0 radical (unpaired) electrons. The number of amides is 3. The van der Waals surface area contributed by atoms with Gasteiger partial charge in [0.15, 0.2) is 0 Å². The molecule has 8 heteroatoms. The Hall–Kier alpha value is -3.03. The Labute approximate surface area is 152 Å². The van der Waals surface area contributed by atoms with Crippen molar-refractivity contribution in [3.63, 3.8) is 0 Å². The molecule has 0 aromatic carbocycles. The summed E-state index contributed by atoms with van der Waals surface area (Å²) in [5.74, 6) is 1.35.